The number of hydrogen-bond acceptors (Lipinski definition) is 4. The lowest BCUT2D eigenvalue weighted by Crippen LogP contribution is -2.26. The monoisotopic (exact) mass is 503 g/mol. The molecule has 5 rings (SSSR count). The average Bonchev–Trinajstić information content (AvgIpc) is 3.30. The fourth-order valence-corrected chi connectivity index (χ4v) is 7.36. The van der Waals surface area contributed by atoms with Crippen LogP contribution < -0.4 is 0 Å². The Morgan fingerprint density at radius 2 is 1.49 bits per heavy atom. The van der Waals surface area contributed by atoms with Gasteiger partial charge in [0.1, 0.15) is 0 Å². The first-order valence-corrected chi connectivity index (χ1v) is 13.5. The number of hydrogen-bond donors (Lipinski definition) is 1. The van der Waals surface area contributed by atoms with Gasteiger partial charge in [-0.25, -0.2) is 13.2 Å². The standard InChI is InChI=1S/C28H25NO4S2/c1-17-11-13-21(14-12-17)26-18(2)23-15-29(16-24(23)19(3)27(26)34-28(30)31)35(32,33)25-10-6-8-20-7-4-5-9-22(20)25/h4-14H,15-16H2,1-3H3,(H,30,31). The van der Waals surface area contributed by atoms with Crippen molar-refractivity contribution in [3.8, 4) is 11.1 Å². The Morgan fingerprint density at radius 1 is 0.857 bits per heavy atom. The molecule has 178 valence electrons. The summed E-state index contributed by atoms with van der Waals surface area (Å²) in [5.74, 6) is 0. The van der Waals surface area contributed by atoms with E-state index in [0.717, 1.165) is 56.1 Å². The Kier molecular flexibility index (Phi) is 5.95. The molecule has 5 nitrogen and oxygen atoms in total. The minimum Gasteiger partial charge on any atom is -0.473 e. The van der Waals surface area contributed by atoms with E-state index >= 15 is 0 Å². The highest BCUT2D eigenvalue weighted by atomic mass is 32.2. The van der Waals surface area contributed by atoms with Gasteiger partial charge in [-0.15, -0.1) is 0 Å². The zero-order valence-electron chi connectivity index (χ0n) is 19.7. The second kappa shape index (κ2) is 8.82. The highest BCUT2D eigenvalue weighted by Gasteiger charge is 2.35. The zero-order chi connectivity index (χ0) is 24.9. The first-order chi connectivity index (χ1) is 16.7. The third-order valence-electron chi connectivity index (χ3n) is 6.78. The van der Waals surface area contributed by atoms with Gasteiger partial charge in [-0.2, -0.15) is 4.31 Å². The third kappa shape index (κ3) is 4.03. The molecule has 4 aromatic carbocycles. The summed E-state index contributed by atoms with van der Waals surface area (Å²) in [6.45, 7) is 6.34. The van der Waals surface area contributed by atoms with Gasteiger partial charge < -0.3 is 5.11 Å². The second-order valence-electron chi connectivity index (χ2n) is 8.90. The second-order valence-corrected chi connectivity index (χ2v) is 11.8. The number of nitrogens with zero attached hydrogens (tertiary/aromatic N) is 1. The van der Waals surface area contributed by atoms with Crippen LogP contribution in [-0.2, 0) is 23.1 Å². The molecule has 0 saturated carbocycles. The predicted octanol–water partition coefficient (Wildman–Crippen LogP) is 6.91. The Bertz CT molecular complexity index is 1590. The number of rotatable bonds is 4. The maximum absolute atomic E-state index is 13.8. The highest BCUT2D eigenvalue weighted by molar-refractivity contribution is 8.13. The minimum atomic E-state index is -3.78. The lowest BCUT2D eigenvalue weighted by atomic mass is 9.90. The Labute approximate surface area is 209 Å². The van der Waals surface area contributed by atoms with Crippen LogP contribution in [0.3, 0.4) is 0 Å². The zero-order valence-corrected chi connectivity index (χ0v) is 21.3. The first-order valence-electron chi connectivity index (χ1n) is 11.3. The summed E-state index contributed by atoms with van der Waals surface area (Å²) < 4.78 is 29.2. The van der Waals surface area contributed by atoms with Crippen molar-refractivity contribution in [1.82, 2.24) is 4.31 Å². The van der Waals surface area contributed by atoms with E-state index in [1.165, 1.54) is 4.31 Å². The molecule has 0 amide bonds. The van der Waals surface area contributed by atoms with Gasteiger partial charge in [0, 0.05) is 23.4 Å². The molecule has 0 unspecified atom stereocenters. The minimum absolute atomic E-state index is 0.217. The van der Waals surface area contributed by atoms with Crippen molar-refractivity contribution in [1.29, 1.82) is 0 Å². The molecular weight excluding hydrogens is 478 g/mol. The number of benzene rings is 4. The summed E-state index contributed by atoms with van der Waals surface area (Å²) in [4.78, 5) is 12.7. The number of fused-ring (bicyclic) bond motifs is 2. The summed E-state index contributed by atoms with van der Waals surface area (Å²) in [6, 6.07) is 20.8. The normalized spacial score (nSPS) is 13.8. The molecule has 0 spiro atoms. The maximum atomic E-state index is 13.8. The largest absolute Gasteiger partial charge is 0.473 e. The van der Waals surface area contributed by atoms with Gasteiger partial charge in [-0.1, -0.05) is 66.2 Å². The highest BCUT2D eigenvalue weighted by Crippen LogP contribution is 2.45. The van der Waals surface area contributed by atoms with E-state index in [9.17, 15) is 18.3 Å². The van der Waals surface area contributed by atoms with Crippen LogP contribution >= 0.6 is 11.8 Å². The Morgan fingerprint density at radius 3 is 2.17 bits per heavy atom. The molecule has 0 radical (unpaired) electrons. The van der Waals surface area contributed by atoms with E-state index in [4.69, 9.17) is 0 Å². The molecule has 0 aliphatic carbocycles. The molecule has 7 heteroatoms. The molecule has 0 fully saturated rings. The van der Waals surface area contributed by atoms with Gasteiger partial charge in [0.2, 0.25) is 10.0 Å². The molecule has 1 heterocycles. The van der Waals surface area contributed by atoms with E-state index in [0.29, 0.717) is 10.3 Å². The SMILES string of the molecule is Cc1ccc(-c2c(C)c3c(c(C)c2SC(=O)O)CN(S(=O)(=O)c2cccc4ccccc24)C3)cc1. The van der Waals surface area contributed by atoms with Crippen molar-refractivity contribution in [2.24, 2.45) is 0 Å². The fourth-order valence-electron chi connectivity index (χ4n) is 4.95. The van der Waals surface area contributed by atoms with E-state index in [1.807, 2.05) is 75.4 Å². The van der Waals surface area contributed by atoms with Crippen molar-refractivity contribution in [2.45, 2.75) is 43.7 Å². The Balaban J connectivity index is 1.65. The number of carbonyl (C=O) groups is 1. The van der Waals surface area contributed by atoms with Crippen molar-refractivity contribution in [3.63, 3.8) is 0 Å². The number of carboxylic acid groups (broad SMARTS) is 1. The molecule has 1 aliphatic heterocycles. The molecular formula is C28H25NO4S2. The molecule has 0 saturated heterocycles. The predicted molar refractivity (Wildman–Crippen MR) is 140 cm³/mol. The van der Waals surface area contributed by atoms with Gasteiger partial charge >= 0.3 is 5.30 Å². The van der Waals surface area contributed by atoms with Crippen LogP contribution in [0.2, 0.25) is 0 Å². The van der Waals surface area contributed by atoms with Crippen molar-refractivity contribution in [2.75, 3.05) is 0 Å². The molecule has 1 aliphatic rings. The quantitative estimate of drug-likeness (QED) is 0.306. The van der Waals surface area contributed by atoms with Crippen molar-refractivity contribution < 1.29 is 18.3 Å². The third-order valence-corrected chi connectivity index (χ3v) is 9.52. The lowest BCUT2D eigenvalue weighted by Gasteiger charge is -2.19. The van der Waals surface area contributed by atoms with Gasteiger partial charge in [-0.3, -0.25) is 0 Å². The van der Waals surface area contributed by atoms with Gasteiger partial charge in [0.15, 0.2) is 0 Å². The van der Waals surface area contributed by atoms with Gasteiger partial charge in [0.05, 0.1) is 4.90 Å². The van der Waals surface area contributed by atoms with Crippen LogP contribution in [0.5, 0.6) is 0 Å². The van der Waals surface area contributed by atoms with Crippen LogP contribution in [0.15, 0.2) is 76.5 Å². The molecule has 35 heavy (non-hydrogen) atoms. The maximum Gasteiger partial charge on any atom is 0.369 e. The van der Waals surface area contributed by atoms with Crippen LogP contribution in [0.1, 0.15) is 27.8 Å². The summed E-state index contributed by atoms with van der Waals surface area (Å²) >= 11 is 0.787. The Hall–Kier alpha value is -3.13. The topological polar surface area (TPSA) is 74.7 Å². The van der Waals surface area contributed by atoms with Crippen molar-refractivity contribution >= 4 is 37.9 Å². The van der Waals surface area contributed by atoms with Crippen LogP contribution in [0.4, 0.5) is 4.79 Å². The molecule has 0 aromatic heterocycles. The van der Waals surface area contributed by atoms with E-state index in [-0.39, 0.29) is 18.0 Å². The molecule has 0 bridgehead atoms. The van der Waals surface area contributed by atoms with Crippen LogP contribution in [0, 0.1) is 20.8 Å². The van der Waals surface area contributed by atoms with Crippen LogP contribution in [-0.4, -0.2) is 23.1 Å². The number of aryl methyl sites for hydroxylation is 1. The molecule has 1 N–H and O–H groups in total. The summed E-state index contributed by atoms with van der Waals surface area (Å²) in [6.07, 6.45) is 0. The van der Waals surface area contributed by atoms with Crippen LogP contribution in [0.25, 0.3) is 21.9 Å². The summed E-state index contributed by atoms with van der Waals surface area (Å²) in [5.41, 5.74) is 6.50. The molecule has 0 atom stereocenters. The number of sulfonamides is 1. The smallest absolute Gasteiger partial charge is 0.369 e. The van der Waals surface area contributed by atoms with E-state index < -0.39 is 15.3 Å². The molecule has 4 aromatic rings. The van der Waals surface area contributed by atoms with E-state index in [1.54, 1.807) is 12.1 Å². The number of thioether (sulfide) groups is 1. The summed E-state index contributed by atoms with van der Waals surface area (Å²) in [7, 11) is -3.78. The average molecular weight is 504 g/mol. The fraction of sp³-hybridized carbons (Fsp3) is 0.179. The van der Waals surface area contributed by atoms with Crippen molar-refractivity contribution in [3.05, 3.63) is 94.5 Å². The van der Waals surface area contributed by atoms with E-state index in [2.05, 4.69) is 0 Å². The van der Waals surface area contributed by atoms with Gasteiger partial charge in [-0.05, 0) is 77.4 Å². The van der Waals surface area contributed by atoms with Gasteiger partial charge in [0.25, 0.3) is 0 Å². The first kappa shape index (κ1) is 23.6. The lowest BCUT2D eigenvalue weighted by molar-refractivity contribution is 0.222. The summed E-state index contributed by atoms with van der Waals surface area (Å²) in [5, 5.41) is 10.2.